The highest BCUT2D eigenvalue weighted by Gasteiger charge is 2.60. The third-order valence-electron chi connectivity index (χ3n) is 10.6. The van der Waals surface area contributed by atoms with E-state index < -0.39 is 10.8 Å². The molecular formula is C26H44O2S. The predicted octanol–water partition coefficient (Wildman–Crippen LogP) is 6.40. The Bertz CT molecular complexity index is 645. The molecule has 2 nitrogen and oxygen atoms in total. The van der Waals surface area contributed by atoms with Crippen molar-refractivity contribution in [2.24, 2.45) is 46.3 Å². The minimum absolute atomic E-state index is 0.199. The Kier molecular flexibility index (Phi) is 6.38. The van der Waals surface area contributed by atoms with Crippen LogP contribution < -0.4 is 0 Å². The summed E-state index contributed by atoms with van der Waals surface area (Å²) in [6.45, 7) is 7.70. The van der Waals surface area contributed by atoms with Crippen LogP contribution in [0.2, 0.25) is 0 Å². The molecule has 4 saturated carbocycles. The number of hydrogen-bond acceptors (Lipinski definition) is 2. The lowest BCUT2D eigenvalue weighted by molar-refractivity contribution is -0.118. The highest BCUT2D eigenvalue weighted by Crippen LogP contribution is 2.68. The first kappa shape index (κ1) is 22.0. The fourth-order valence-electron chi connectivity index (χ4n) is 9.16. The molecule has 0 aromatic heterocycles. The van der Waals surface area contributed by atoms with Gasteiger partial charge in [0.05, 0.1) is 5.75 Å². The lowest BCUT2D eigenvalue weighted by Crippen LogP contribution is -2.53. The largest absolute Gasteiger partial charge is 0.299 e. The second-order valence-electron chi connectivity index (χ2n) is 11.9. The van der Waals surface area contributed by atoms with E-state index in [1.54, 1.807) is 6.26 Å². The molecule has 4 fully saturated rings. The Hall–Kier alpha value is -0.180. The van der Waals surface area contributed by atoms with Crippen molar-refractivity contribution in [1.82, 2.24) is 0 Å². The molecule has 0 spiro atoms. The van der Waals surface area contributed by atoms with Crippen molar-refractivity contribution in [3.05, 3.63) is 0 Å². The molecule has 0 aromatic carbocycles. The number of ketones is 1. The Balaban J connectivity index is 1.44. The van der Waals surface area contributed by atoms with Gasteiger partial charge in [0.25, 0.3) is 0 Å². The van der Waals surface area contributed by atoms with Gasteiger partial charge in [-0.05, 0) is 104 Å². The maximum Gasteiger partial charge on any atom is 0.145 e. The molecule has 0 radical (unpaired) electrons. The third-order valence-corrected chi connectivity index (χ3v) is 11.3. The molecule has 0 N–H and O–H groups in total. The quantitative estimate of drug-likeness (QED) is 0.498. The average Bonchev–Trinajstić information content (AvgIpc) is 3.02. The van der Waals surface area contributed by atoms with Gasteiger partial charge in [0.1, 0.15) is 5.78 Å². The monoisotopic (exact) mass is 420 g/mol. The summed E-state index contributed by atoms with van der Waals surface area (Å²) >= 11 is 0. The topological polar surface area (TPSA) is 34.1 Å². The van der Waals surface area contributed by atoms with Crippen molar-refractivity contribution in [1.29, 1.82) is 0 Å². The minimum atomic E-state index is -0.989. The molecule has 9 unspecified atom stereocenters. The molecular weight excluding hydrogens is 376 g/mol. The van der Waals surface area contributed by atoms with Gasteiger partial charge in [-0.25, -0.2) is 0 Å². The standard InChI is InChI=1S/C26H44O2S/c1-18(8-10-20(27)17-29(4)28)22-12-13-23-21-11-9-19-7-5-6-15-25(19,2)24(21)14-16-26(22,23)3/h18-19,21-24H,5-17H2,1-4H3. The Labute approximate surface area is 181 Å². The van der Waals surface area contributed by atoms with Crippen molar-refractivity contribution in [2.45, 2.75) is 97.8 Å². The second kappa shape index (κ2) is 8.40. The first-order valence-corrected chi connectivity index (χ1v) is 14.3. The third kappa shape index (κ3) is 3.92. The van der Waals surface area contributed by atoms with Crippen LogP contribution in [0.1, 0.15) is 97.8 Å². The first-order valence-electron chi connectivity index (χ1n) is 12.6. The van der Waals surface area contributed by atoms with Crippen LogP contribution in [0.5, 0.6) is 0 Å². The molecule has 0 aliphatic heterocycles. The summed E-state index contributed by atoms with van der Waals surface area (Å²) in [6, 6.07) is 0. The highest BCUT2D eigenvalue weighted by molar-refractivity contribution is 7.85. The number of rotatable bonds is 6. The molecule has 0 aromatic rings. The van der Waals surface area contributed by atoms with Crippen molar-refractivity contribution in [2.75, 3.05) is 12.0 Å². The van der Waals surface area contributed by atoms with Gasteiger partial charge in [0.15, 0.2) is 0 Å². The first-order chi connectivity index (χ1) is 13.8. The Morgan fingerprint density at radius 2 is 1.72 bits per heavy atom. The number of hydrogen-bond donors (Lipinski definition) is 0. The molecule has 0 amide bonds. The fraction of sp³-hybridized carbons (Fsp3) is 0.962. The van der Waals surface area contributed by atoms with Gasteiger partial charge >= 0.3 is 0 Å². The van der Waals surface area contributed by atoms with E-state index in [0.717, 1.165) is 36.0 Å². The van der Waals surface area contributed by atoms with Gasteiger partial charge in [-0.15, -0.1) is 0 Å². The summed E-state index contributed by atoms with van der Waals surface area (Å²) in [5, 5.41) is 0. The fourth-order valence-corrected chi connectivity index (χ4v) is 9.76. The van der Waals surface area contributed by atoms with Crippen molar-refractivity contribution < 1.29 is 9.00 Å². The molecule has 0 saturated heterocycles. The SMILES string of the molecule is CC(CCC(=O)CS(C)=O)C1CCC2C3CCC4CCCCC4(C)C3CCC12C. The van der Waals surface area contributed by atoms with Gasteiger partial charge < -0.3 is 0 Å². The van der Waals surface area contributed by atoms with Crippen LogP contribution in [0, 0.1) is 46.3 Å². The molecule has 0 heterocycles. The van der Waals surface area contributed by atoms with Gasteiger partial charge in [-0.3, -0.25) is 9.00 Å². The smallest absolute Gasteiger partial charge is 0.145 e. The molecule has 3 heteroatoms. The van der Waals surface area contributed by atoms with Crippen LogP contribution in [-0.4, -0.2) is 22.0 Å². The van der Waals surface area contributed by atoms with Gasteiger partial charge in [-0.1, -0.05) is 33.6 Å². The average molecular weight is 421 g/mol. The summed E-state index contributed by atoms with van der Waals surface area (Å²) in [7, 11) is -0.989. The van der Waals surface area contributed by atoms with E-state index in [2.05, 4.69) is 20.8 Å². The zero-order valence-electron chi connectivity index (χ0n) is 19.4. The Morgan fingerprint density at radius 1 is 0.966 bits per heavy atom. The normalized spacial score (nSPS) is 46.3. The van der Waals surface area contributed by atoms with Crippen molar-refractivity contribution >= 4 is 16.6 Å². The zero-order valence-corrected chi connectivity index (χ0v) is 20.2. The molecule has 29 heavy (non-hydrogen) atoms. The van der Waals surface area contributed by atoms with E-state index in [4.69, 9.17) is 0 Å². The maximum atomic E-state index is 12.1. The molecule has 166 valence electrons. The summed E-state index contributed by atoms with van der Waals surface area (Å²) in [5.74, 6) is 5.73. The lowest BCUT2D eigenvalue weighted by atomic mass is 9.44. The van der Waals surface area contributed by atoms with Crippen molar-refractivity contribution in [3.63, 3.8) is 0 Å². The van der Waals surface area contributed by atoms with Crippen LogP contribution in [-0.2, 0) is 15.6 Å². The van der Waals surface area contributed by atoms with E-state index in [-0.39, 0.29) is 11.5 Å². The molecule has 4 aliphatic carbocycles. The second-order valence-corrected chi connectivity index (χ2v) is 13.3. The Morgan fingerprint density at radius 3 is 2.48 bits per heavy atom. The predicted molar refractivity (Wildman–Crippen MR) is 122 cm³/mol. The number of fused-ring (bicyclic) bond motifs is 5. The lowest BCUT2D eigenvalue weighted by Gasteiger charge is -2.61. The van der Waals surface area contributed by atoms with E-state index in [1.807, 2.05) is 0 Å². The summed E-state index contributed by atoms with van der Waals surface area (Å²) in [4.78, 5) is 12.1. The van der Waals surface area contributed by atoms with Crippen molar-refractivity contribution in [3.8, 4) is 0 Å². The van der Waals surface area contributed by atoms with E-state index in [1.165, 1.54) is 64.2 Å². The van der Waals surface area contributed by atoms with Gasteiger partial charge in [-0.2, -0.15) is 0 Å². The number of carbonyl (C=O) groups is 1. The van der Waals surface area contributed by atoms with Gasteiger partial charge in [0, 0.05) is 23.5 Å². The van der Waals surface area contributed by atoms with Gasteiger partial charge in [0.2, 0.25) is 0 Å². The van der Waals surface area contributed by atoms with Crippen LogP contribution in [0.25, 0.3) is 0 Å². The summed E-state index contributed by atoms with van der Waals surface area (Å²) in [6.07, 6.45) is 17.9. The van der Waals surface area contributed by atoms with E-state index >= 15 is 0 Å². The minimum Gasteiger partial charge on any atom is -0.299 e. The summed E-state index contributed by atoms with van der Waals surface area (Å²) in [5.41, 5.74) is 1.13. The van der Waals surface area contributed by atoms with Crippen LogP contribution in [0.4, 0.5) is 0 Å². The number of carbonyl (C=O) groups excluding carboxylic acids is 1. The highest BCUT2D eigenvalue weighted by atomic mass is 32.2. The maximum absolute atomic E-state index is 12.1. The summed E-state index contributed by atoms with van der Waals surface area (Å²) < 4.78 is 11.3. The van der Waals surface area contributed by atoms with E-state index in [9.17, 15) is 9.00 Å². The molecule has 0 bridgehead atoms. The van der Waals surface area contributed by atoms with Crippen LogP contribution in [0.3, 0.4) is 0 Å². The molecule has 4 rings (SSSR count). The number of Topliss-reactive ketones (excluding diaryl/α,β-unsaturated/α-hetero) is 1. The molecule has 4 aliphatic rings. The van der Waals surface area contributed by atoms with Crippen LogP contribution in [0.15, 0.2) is 0 Å². The van der Waals surface area contributed by atoms with Crippen LogP contribution >= 0.6 is 0 Å². The molecule has 9 atom stereocenters. The zero-order chi connectivity index (χ0) is 20.8. The van der Waals surface area contributed by atoms with E-state index in [0.29, 0.717) is 23.2 Å².